The maximum atomic E-state index is 12.3. The number of carbonyl (C=O) groups excluding carboxylic acids is 2. The number of allylic oxidation sites excluding steroid dienone is 2. The number of rotatable bonds is 2. The van der Waals surface area contributed by atoms with Gasteiger partial charge in [-0.2, -0.15) is 0 Å². The summed E-state index contributed by atoms with van der Waals surface area (Å²) in [5.41, 5.74) is 2.06. The SMILES string of the molecule is CC1C[C@@]2(C)C(=CC1=O)CC(O)[C@@H]1C2=CC[C@]2(C)[C@@H](C(=O)CO)CC[C@@H]12. The molecule has 4 nitrogen and oxygen atoms in total. The molecule has 0 bridgehead atoms. The number of ketones is 2. The van der Waals surface area contributed by atoms with Crippen LogP contribution in [0.3, 0.4) is 0 Å². The number of Topliss-reactive ketones (excluding diaryl/α,β-unsaturated/α-hetero) is 1. The Balaban J connectivity index is 1.77. The van der Waals surface area contributed by atoms with Crippen LogP contribution in [0.25, 0.3) is 0 Å². The topological polar surface area (TPSA) is 74.6 Å². The minimum absolute atomic E-state index is 0.0150. The highest BCUT2D eigenvalue weighted by molar-refractivity contribution is 5.93. The lowest BCUT2D eigenvalue weighted by atomic mass is 9.49. The van der Waals surface area contributed by atoms with Crippen LogP contribution in [0.5, 0.6) is 0 Å². The van der Waals surface area contributed by atoms with E-state index in [1.54, 1.807) is 6.08 Å². The summed E-state index contributed by atoms with van der Waals surface area (Å²) >= 11 is 0. The van der Waals surface area contributed by atoms with Crippen LogP contribution in [0.2, 0.25) is 0 Å². The van der Waals surface area contributed by atoms with E-state index < -0.39 is 6.10 Å². The fourth-order valence-electron chi connectivity index (χ4n) is 6.79. The fraction of sp³-hybridized carbons (Fsp3) is 0.727. The van der Waals surface area contributed by atoms with Gasteiger partial charge in [-0.05, 0) is 49.5 Å². The van der Waals surface area contributed by atoms with Crippen molar-refractivity contribution in [1.29, 1.82) is 0 Å². The third-order valence-electron chi connectivity index (χ3n) is 8.21. The van der Waals surface area contributed by atoms with Crippen molar-refractivity contribution in [2.45, 2.75) is 59.0 Å². The zero-order chi connectivity index (χ0) is 18.9. The van der Waals surface area contributed by atoms with Crippen LogP contribution in [-0.4, -0.2) is 34.5 Å². The molecule has 0 heterocycles. The highest BCUT2D eigenvalue weighted by atomic mass is 16.3. The van der Waals surface area contributed by atoms with Gasteiger partial charge in [0.2, 0.25) is 0 Å². The van der Waals surface area contributed by atoms with Crippen molar-refractivity contribution in [2.75, 3.05) is 6.61 Å². The van der Waals surface area contributed by atoms with Gasteiger partial charge in [0.15, 0.2) is 11.6 Å². The minimum Gasteiger partial charge on any atom is -0.392 e. The molecule has 0 amide bonds. The Morgan fingerprint density at radius 3 is 2.73 bits per heavy atom. The summed E-state index contributed by atoms with van der Waals surface area (Å²) in [6.45, 7) is 6.02. The van der Waals surface area contributed by atoms with E-state index in [0.29, 0.717) is 6.42 Å². The first-order valence-electron chi connectivity index (χ1n) is 9.99. The van der Waals surface area contributed by atoms with Crippen LogP contribution in [0.4, 0.5) is 0 Å². The molecule has 2 fully saturated rings. The molecule has 0 spiro atoms. The van der Waals surface area contributed by atoms with Gasteiger partial charge in [0.05, 0.1) is 6.10 Å². The Bertz CT molecular complexity index is 720. The van der Waals surface area contributed by atoms with E-state index in [1.807, 2.05) is 6.92 Å². The number of fused-ring (bicyclic) bond motifs is 5. The quantitative estimate of drug-likeness (QED) is 0.745. The van der Waals surface area contributed by atoms with Crippen LogP contribution in [-0.2, 0) is 9.59 Å². The molecule has 0 aromatic rings. The van der Waals surface area contributed by atoms with Crippen LogP contribution >= 0.6 is 0 Å². The van der Waals surface area contributed by atoms with Crippen molar-refractivity contribution in [2.24, 2.45) is 34.5 Å². The molecule has 4 heteroatoms. The van der Waals surface area contributed by atoms with Crippen LogP contribution in [0.15, 0.2) is 23.3 Å². The van der Waals surface area contributed by atoms with Crippen molar-refractivity contribution in [3.8, 4) is 0 Å². The van der Waals surface area contributed by atoms with Crippen LogP contribution < -0.4 is 0 Å². The van der Waals surface area contributed by atoms with Gasteiger partial charge in [0, 0.05) is 23.2 Å². The lowest BCUT2D eigenvalue weighted by molar-refractivity contribution is -0.130. The van der Waals surface area contributed by atoms with Gasteiger partial charge in [0.1, 0.15) is 6.61 Å². The molecule has 0 aliphatic heterocycles. The first-order chi connectivity index (χ1) is 12.2. The maximum absolute atomic E-state index is 12.3. The van der Waals surface area contributed by atoms with Gasteiger partial charge >= 0.3 is 0 Å². The molecule has 4 aliphatic rings. The second kappa shape index (κ2) is 5.87. The lowest BCUT2D eigenvalue weighted by Gasteiger charge is -2.55. The van der Waals surface area contributed by atoms with Crippen molar-refractivity contribution < 1.29 is 19.8 Å². The van der Waals surface area contributed by atoms with E-state index in [0.717, 1.165) is 31.3 Å². The Morgan fingerprint density at radius 2 is 2.04 bits per heavy atom. The summed E-state index contributed by atoms with van der Waals surface area (Å²) in [5, 5.41) is 20.4. The highest BCUT2D eigenvalue weighted by Gasteiger charge is 2.59. The van der Waals surface area contributed by atoms with E-state index in [1.165, 1.54) is 5.57 Å². The van der Waals surface area contributed by atoms with Crippen LogP contribution in [0, 0.1) is 34.5 Å². The molecular weight excluding hydrogens is 328 g/mol. The zero-order valence-corrected chi connectivity index (χ0v) is 16.0. The van der Waals surface area contributed by atoms with Crippen LogP contribution in [0.1, 0.15) is 52.9 Å². The average Bonchev–Trinajstić information content (AvgIpc) is 2.94. The fourth-order valence-corrected chi connectivity index (χ4v) is 6.79. The lowest BCUT2D eigenvalue weighted by Crippen LogP contribution is -2.51. The molecule has 7 atom stereocenters. The third-order valence-corrected chi connectivity index (χ3v) is 8.21. The molecular formula is C22H30O4. The average molecular weight is 358 g/mol. The smallest absolute Gasteiger partial charge is 0.161 e. The minimum atomic E-state index is -0.491. The third kappa shape index (κ3) is 2.27. The van der Waals surface area contributed by atoms with Crippen molar-refractivity contribution in [3.63, 3.8) is 0 Å². The molecule has 142 valence electrons. The molecule has 0 aromatic carbocycles. The van der Waals surface area contributed by atoms with E-state index >= 15 is 0 Å². The molecule has 0 aromatic heterocycles. The van der Waals surface area contributed by atoms with Crippen molar-refractivity contribution >= 4 is 11.6 Å². The Hall–Kier alpha value is -1.26. The second-order valence-electron chi connectivity index (χ2n) is 9.54. The zero-order valence-electron chi connectivity index (χ0n) is 16.0. The van der Waals surface area contributed by atoms with E-state index in [-0.39, 0.29) is 52.7 Å². The van der Waals surface area contributed by atoms with Gasteiger partial charge in [0.25, 0.3) is 0 Å². The summed E-state index contributed by atoms with van der Waals surface area (Å²) in [7, 11) is 0. The normalized spacial score (nSPS) is 47.4. The standard InChI is InChI=1S/C22H30O4/c1-12-10-22(3)13(8-17(12)24)9-18(25)20-15-5-4-14(19(26)11-23)21(15,2)7-6-16(20)22/h6,8,12,14-15,18,20,23,25H,4-5,7,9-11H2,1-3H3/t12?,14-,15+,18?,20+,21-,22+/m1/s1. The molecule has 2 unspecified atom stereocenters. The number of aliphatic hydroxyl groups excluding tert-OH is 2. The van der Waals surface area contributed by atoms with Gasteiger partial charge in [-0.3, -0.25) is 9.59 Å². The van der Waals surface area contributed by atoms with E-state index in [4.69, 9.17) is 0 Å². The maximum Gasteiger partial charge on any atom is 0.161 e. The van der Waals surface area contributed by atoms with Crippen molar-refractivity contribution in [3.05, 3.63) is 23.3 Å². The van der Waals surface area contributed by atoms with E-state index in [2.05, 4.69) is 19.9 Å². The first kappa shape index (κ1) is 18.1. The predicted molar refractivity (Wildman–Crippen MR) is 98.2 cm³/mol. The van der Waals surface area contributed by atoms with E-state index in [9.17, 15) is 19.8 Å². The number of hydrogen-bond acceptors (Lipinski definition) is 4. The van der Waals surface area contributed by atoms with Gasteiger partial charge < -0.3 is 10.2 Å². The summed E-state index contributed by atoms with van der Waals surface area (Å²) in [5.74, 6) is 0.358. The summed E-state index contributed by atoms with van der Waals surface area (Å²) in [4.78, 5) is 24.5. The first-order valence-corrected chi connectivity index (χ1v) is 9.99. The van der Waals surface area contributed by atoms with Gasteiger partial charge in [-0.1, -0.05) is 38.0 Å². The summed E-state index contributed by atoms with van der Waals surface area (Å²) < 4.78 is 0. The van der Waals surface area contributed by atoms with Gasteiger partial charge in [-0.15, -0.1) is 0 Å². The number of aliphatic hydroxyl groups is 2. The summed E-state index contributed by atoms with van der Waals surface area (Å²) in [6.07, 6.45) is 7.48. The predicted octanol–water partition coefficient (Wildman–Crippen LogP) is 2.83. The Kier molecular flexibility index (Phi) is 4.09. The molecule has 26 heavy (non-hydrogen) atoms. The van der Waals surface area contributed by atoms with Crippen molar-refractivity contribution in [1.82, 2.24) is 0 Å². The Morgan fingerprint density at radius 1 is 1.31 bits per heavy atom. The largest absolute Gasteiger partial charge is 0.392 e. The number of hydrogen-bond donors (Lipinski definition) is 2. The molecule has 4 aliphatic carbocycles. The molecule has 0 radical (unpaired) electrons. The molecule has 0 saturated heterocycles. The Labute approximate surface area is 155 Å². The number of carbonyl (C=O) groups is 2. The monoisotopic (exact) mass is 358 g/mol. The molecule has 2 saturated carbocycles. The van der Waals surface area contributed by atoms with Gasteiger partial charge in [-0.25, -0.2) is 0 Å². The molecule has 4 rings (SSSR count). The molecule has 2 N–H and O–H groups in total. The summed E-state index contributed by atoms with van der Waals surface area (Å²) in [6, 6.07) is 0. The highest BCUT2D eigenvalue weighted by Crippen LogP contribution is 2.64. The second-order valence-corrected chi connectivity index (χ2v) is 9.54.